The highest BCUT2D eigenvalue weighted by Crippen LogP contribution is 2.48. The molecule has 0 unspecified atom stereocenters. The number of carbonyl (C=O) groups excluding carboxylic acids is 1. The summed E-state index contributed by atoms with van der Waals surface area (Å²) in [6.45, 7) is 0. The number of rotatable bonds is 7. The van der Waals surface area contributed by atoms with Crippen molar-refractivity contribution in [3.05, 3.63) is 83.9 Å². The number of amidine groups is 1. The number of hydrogen-bond donors (Lipinski definition) is 4. The number of anilines is 1. The van der Waals surface area contributed by atoms with Gasteiger partial charge in [0.25, 0.3) is 0 Å². The fourth-order valence-corrected chi connectivity index (χ4v) is 4.76. The molecule has 1 aliphatic rings. The van der Waals surface area contributed by atoms with Crippen LogP contribution in [0.3, 0.4) is 0 Å². The molecule has 0 aromatic heterocycles. The Hall–Kier alpha value is -3.49. The zero-order chi connectivity index (χ0) is 22.9. The minimum atomic E-state index is -3.59. The van der Waals surface area contributed by atoms with Gasteiger partial charge in [-0.2, -0.15) is 0 Å². The van der Waals surface area contributed by atoms with Gasteiger partial charge in [0.05, 0.1) is 4.90 Å². The first-order valence-electron chi connectivity index (χ1n) is 10.2. The molecule has 7 nitrogen and oxygen atoms in total. The standard InChI is InChI=1S/C24H24N4O3S/c1-27-32(30,31)22-8-3-2-7-19(22)15-9-11-18(12-10-15)28-24(29)21-14-20(21)16-5-4-6-17(13-16)23(25)26/h2-13,20-21,27H,14H2,1H3,(H3,25,26)(H,28,29)/t20-,21-/m1/s1. The number of benzene rings is 3. The summed E-state index contributed by atoms with van der Waals surface area (Å²) in [5.41, 5.74) is 9.21. The zero-order valence-corrected chi connectivity index (χ0v) is 18.3. The van der Waals surface area contributed by atoms with E-state index in [4.69, 9.17) is 11.1 Å². The van der Waals surface area contributed by atoms with Crippen molar-refractivity contribution in [3.63, 3.8) is 0 Å². The number of carbonyl (C=O) groups is 1. The highest BCUT2D eigenvalue weighted by atomic mass is 32.2. The van der Waals surface area contributed by atoms with E-state index in [0.717, 1.165) is 17.5 Å². The third-order valence-corrected chi connectivity index (χ3v) is 7.13. The summed E-state index contributed by atoms with van der Waals surface area (Å²) in [5, 5.41) is 10.5. The monoisotopic (exact) mass is 448 g/mol. The van der Waals surface area contributed by atoms with Gasteiger partial charge in [0.2, 0.25) is 15.9 Å². The van der Waals surface area contributed by atoms with Crippen LogP contribution >= 0.6 is 0 Å². The fourth-order valence-electron chi connectivity index (χ4n) is 3.81. The predicted octanol–water partition coefficient (Wildman–Crippen LogP) is 3.29. The number of nitrogens with two attached hydrogens (primary N) is 1. The molecule has 1 amide bonds. The summed E-state index contributed by atoms with van der Waals surface area (Å²) in [6, 6.07) is 21.4. The normalized spacial score (nSPS) is 17.5. The first kappa shape index (κ1) is 21.7. The van der Waals surface area contributed by atoms with Crippen LogP contribution in [0.1, 0.15) is 23.5 Å². The summed E-state index contributed by atoms with van der Waals surface area (Å²) >= 11 is 0. The fraction of sp³-hybridized carbons (Fsp3) is 0.167. The van der Waals surface area contributed by atoms with Crippen LogP contribution in [0.5, 0.6) is 0 Å². The van der Waals surface area contributed by atoms with E-state index in [9.17, 15) is 13.2 Å². The molecule has 1 aliphatic carbocycles. The van der Waals surface area contributed by atoms with E-state index >= 15 is 0 Å². The maximum absolute atomic E-state index is 12.7. The second kappa shape index (κ2) is 8.57. The number of amides is 1. The molecule has 2 atom stereocenters. The second-order valence-corrected chi connectivity index (χ2v) is 9.61. The Morgan fingerprint density at radius 3 is 2.44 bits per heavy atom. The Balaban J connectivity index is 1.46. The molecule has 8 heteroatoms. The van der Waals surface area contributed by atoms with Crippen molar-refractivity contribution in [2.24, 2.45) is 11.7 Å². The van der Waals surface area contributed by atoms with Crippen LogP contribution in [0.2, 0.25) is 0 Å². The van der Waals surface area contributed by atoms with Crippen molar-refractivity contribution < 1.29 is 13.2 Å². The quantitative estimate of drug-likeness (QED) is 0.327. The lowest BCUT2D eigenvalue weighted by atomic mass is 10.0. The van der Waals surface area contributed by atoms with Gasteiger partial charge in [-0.3, -0.25) is 10.2 Å². The molecule has 0 heterocycles. The molecular weight excluding hydrogens is 424 g/mol. The molecule has 0 spiro atoms. The summed E-state index contributed by atoms with van der Waals surface area (Å²) in [4.78, 5) is 12.9. The lowest BCUT2D eigenvalue weighted by Gasteiger charge is -2.11. The molecule has 0 aliphatic heterocycles. The number of nitrogens with one attached hydrogen (secondary N) is 3. The number of sulfonamides is 1. The average Bonchev–Trinajstić information content (AvgIpc) is 3.61. The van der Waals surface area contributed by atoms with Gasteiger partial charge in [0.15, 0.2) is 0 Å². The van der Waals surface area contributed by atoms with E-state index < -0.39 is 10.0 Å². The molecule has 0 bridgehead atoms. The SMILES string of the molecule is CNS(=O)(=O)c1ccccc1-c1ccc(NC(=O)[C@@H]2C[C@@H]2c2cccc(C(=N)N)c2)cc1. The number of nitrogen functional groups attached to an aromatic ring is 1. The second-order valence-electron chi connectivity index (χ2n) is 7.76. The van der Waals surface area contributed by atoms with Crippen molar-refractivity contribution in [1.29, 1.82) is 5.41 Å². The molecular formula is C24H24N4O3S. The Kier molecular flexibility index (Phi) is 5.82. The Morgan fingerprint density at radius 2 is 1.75 bits per heavy atom. The Morgan fingerprint density at radius 1 is 1.03 bits per heavy atom. The Bertz CT molecular complexity index is 1290. The third-order valence-electron chi connectivity index (χ3n) is 5.66. The van der Waals surface area contributed by atoms with Gasteiger partial charge in [0.1, 0.15) is 5.84 Å². The first-order chi connectivity index (χ1) is 15.3. The van der Waals surface area contributed by atoms with E-state index in [-0.39, 0.29) is 28.5 Å². The van der Waals surface area contributed by atoms with Crippen LogP contribution in [0.25, 0.3) is 11.1 Å². The minimum Gasteiger partial charge on any atom is -0.384 e. The lowest BCUT2D eigenvalue weighted by Crippen LogP contribution is -2.19. The van der Waals surface area contributed by atoms with Gasteiger partial charge in [-0.1, -0.05) is 48.5 Å². The van der Waals surface area contributed by atoms with Crippen molar-refractivity contribution in [2.45, 2.75) is 17.2 Å². The van der Waals surface area contributed by atoms with Crippen molar-refractivity contribution in [3.8, 4) is 11.1 Å². The highest BCUT2D eigenvalue weighted by Gasteiger charge is 2.44. The molecule has 0 saturated heterocycles. The number of hydrogen-bond acceptors (Lipinski definition) is 4. The topological polar surface area (TPSA) is 125 Å². The summed E-state index contributed by atoms with van der Waals surface area (Å²) in [6.07, 6.45) is 0.751. The maximum atomic E-state index is 12.7. The van der Waals surface area contributed by atoms with Crippen LogP contribution in [-0.4, -0.2) is 27.2 Å². The third kappa shape index (κ3) is 4.42. The van der Waals surface area contributed by atoms with Crippen molar-refractivity contribution in [2.75, 3.05) is 12.4 Å². The zero-order valence-electron chi connectivity index (χ0n) is 17.5. The molecule has 5 N–H and O–H groups in total. The highest BCUT2D eigenvalue weighted by molar-refractivity contribution is 7.89. The van der Waals surface area contributed by atoms with Gasteiger partial charge >= 0.3 is 0 Å². The summed E-state index contributed by atoms with van der Waals surface area (Å²) in [7, 11) is -2.21. The largest absolute Gasteiger partial charge is 0.384 e. The summed E-state index contributed by atoms with van der Waals surface area (Å²) in [5.74, 6) is -0.0580. The van der Waals surface area contributed by atoms with Gasteiger partial charge < -0.3 is 11.1 Å². The predicted molar refractivity (Wildman–Crippen MR) is 125 cm³/mol. The van der Waals surface area contributed by atoms with Gasteiger partial charge in [-0.25, -0.2) is 13.1 Å². The van der Waals surface area contributed by atoms with E-state index in [1.54, 1.807) is 54.6 Å². The minimum absolute atomic E-state index is 0.0117. The van der Waals surface area contributed by atoms with E-state index in [2.05, 4.69) is 10.0 Å². The molecule has 32 heavy (non-hydrogen) atoms. The molecule has 4 rings (SSSR count). The molecule has 3 aromatic carbocycles. The van der Waals surface area contributed by atoms with E-state index in [1.807, 2.05) is 18.2 Å². The van der Waals surface area contributed by atoms with Gasteiger partial charge in [-0.15, -0.1) is 0 Å². The van der Waals surface area contributed by atoms with Gasteiger partial charge in [-0.05, 0) is 54.8 Å². The van der Waals surface area contributed by atoms with Crippen LogP contribution in [0, 0.1) is 11.3 Å². The molecule has 164 valence electrons. The Labute approximate surface area is 187 Å². The lowest BCUT2D eigenvalue weighted by molar-refractivity contribution is -0.117. The van der Waals surface area contributed by atoms with Gasteiger partial charge in [0, 0.05) is 22.7 Å². The van der Waals surface area contributed by atoms with Crippen molar-refractivity contribution in [1.82, 2.24) is 4.72 Å². The summed E-state index contributed by atoms with van der Waals surface area (Å²) < 4.78 is 27.0. The van der Waals surface area contributed by atoms with Crippen LogP contribution < -0.4 is 15.8 Å². The van der Waals surface area contributed by atoms with E-state index in [0.29, 0.717) is 16.8 Å². The maximum Gasteiger partial charge on any atom is 0.240 e. The van der Waals surface area contributed by atoms with Crippen LogP contribution in [0.15, 0.2) is 77.7 Å². The van der Waals surface area contributed by atoms with Crippen LogP contribution in [0.4, 0.5) is 5.69 Å². The molecule has 0 radical (unpaired) electrons. The average molecular weight is 449 g/mol. The molecule has 1 fully saturated rings. The first-order valence-corrected chi connectivity index (χ1v) is 11.7. The van der Waals surface area contributed by atoms with Crippen molar-refractivity contribution >= 4 is 27.5 Å². The van der Waals surface area contributed by atoms with E-state index in [1.165, 1.54) is 7.05 Å². The molecule has 3 aromatic rings. The smallest absolute Gasteiger partial charge is 0.240 e. The molecule has 1 saturated carbocycles. The van der Waals surface area contributed by atoms with Crippen LogP contribution in [-0.2, 0) is 14.8 Å².